The molecule has 116 valence electrons. The maximum Gasteiger partial charge on any atom is 0.354 e. The lowest BCUT2D eigenvalue weighted by Gasteiger charge is -2.29. The van der Waals surface area contributed by atoms with Crippen molar-refractivity contribution in [1.29, 1.82) is 0 Å². The maximum absolute atomic E-state index is 12.7. The molecule has 0 aliphatic heterocycles. The first-order valence-electron chi connectivity index (χ1n) is 7.58. The summed E-state index contributed by atoms with van der Waals surface area (Å²) in [7, 11) is 0. The Morgan fingerprint density at radius 3 is 2.52 bits per heavy atom. The average molecular weight is 292 g/mol. The van der Waals surface area contributed by atoms with Crippen molar-refractivity contribution in [3.8, 4) is 0 Å². The van der Waals surface area contributed by atoms with Crippen LogP contribution in [0, 0.1) is 18.3 Å². The monoisotopic (exact) mass is 292 g/mol. The predicted octanol–water partition coefficient (Wildman–Crippen LogP) is 3.57. The summed E-state index contributed by atoms with van der Waals surface area (Å²) in [5.74, 6) is -0.640. The summed E-state index contributed by atoms with van der Waals surface area (Å²) in [4.78, 5) is 26.7. The summed E-state index contributed by atoms with van der Waals surface area (Å²) in [6, 6.07) is 1.68. The van der Waals surface area contributed by atoms with Crippen molar-refractivity contribution < 1.29 is 14.7 Å². The Kier molecular flexibility index (Phi) is 4.40. The Bertz CT molecular complexity index is 540. The zero-order valence-corrected chi connectivity index (χ0v) is 13.0. The van der Waals surface area contributed by atoms with E-state index in [9.17, 15) is 14.7 Å². The van der Waals surface area contributed by atoms with Gasteiger partial charge in [0, 0.05) is 11.1 Å². The van der Waals surface area contributed by atoms with E-state index >= 15 is 0 Å². The molecule has 0 atom stereocenters. The van der Waals surface area contributed by atoms with Gasteiger partial charge in [-0.15, -0.1) is 0 Å². The number of anilines is 1. The molecule has 5 nitrogen and oxygen atoms in total. The van der Waals surface area contributed by atoms with Gasteiger partial charge in [-0.25, -0.2) is 4.79 Å². The van der Waals surface area contributed by atoms with Crippen LogP contribution < -0.4 is 5.32 Å². The molecule has 5 heteroatoms. The van der Waals surface area contributed by atoms with Crippen LogP contribution in [0.3, 0.4) is 0 Å². The fourth-order valence-electron chi connectivity index (χ4n) is 3.47. The third kappa shape index (κ3) is 3.28. The molecule has 2 rings (SSSR count). The van der Waals surface area contributed by atoms with Gasteiger partial charge in [0.1, 0.15) is 5.69 Å². The van der Waals surface area contributed by atoms with Crippen LogP contribution in [0.5, 0.6) is 0 Å². The summed E-state index contributed by atoms with van der Waals surface area (Å²) in [5, 5.41) is 12.0. The standard InChI is InChI=1S/C16H24N2O3/c1-10(2)9-16(6-4-5-7-16)15(21)18-12-8-11(3)17-13(12)14(19)20/h8,10,17H,4-7,9H2,1-3H3,(H,18,21)(H,19,20). The second-order valence-electron chi connectivity index (χ2n) is 6.59. The number of carbonyl (C=O) groups excluding carboxylic acids is 1. The molecule has 0 radical (unpaired) electrons. The quantitative estimate of drug-likeness (QED) is 0.776. The molecule has 0 aromatic carbocycles. The Morgan fingerprint density at radius 2 is 2.00 bits per heavy atom. The molecule has 1 aliphatic carbocycles. The molecule has 1 heterocycles. The molecule has 1 fully saturated rings. The zero-order valence-electron chi connectivity index (χ0n) is 13.0. The lowest BCUT2D eigenvalue weighted by Crippen LogP contribution is -2.35. The molecule has 1 aromatic rings. The van der Waals surface area contributed by atoms with Crippen molar-refractivity contribution in [1.82, 2.24) is 4.98 Å². The van der Waals surface area contributed by atoms with Crippen LogP contribution in [-0.4, -0.2) is 22.0 Å². The molecule has 1 aromatic heterocycles. The largest absolute Gasteiger partial charge is 0.477 e. The summed E-state index contributed by atoms with van der Waals surface area (Å²) in [6.07, 6.45) is 4.77. The minimum atomic E-state index is -1.05. The highest BCUT2D eigenvalue weighted by atomic mass is 16.4. The van der Waals surface area contributed by atoms with Gasteiger partial charge in [0.05, 0.1) is 5.69 Å². The van der Waals surface area contributed by atoms with Crippen LogP contribution in [0.25, 0.3) is 0 Å². The number of rotatable bonds is 5. The second kappa shape index (κ2) is 5.92. The number of amides is 1. The van der Waals surface area contributed by atoms with E-state index in [1.165, 1.54) is 0 Å². The minimum absolute atomic E-state index is 0.0322. The van der Waals surface area contributed by atoms with E-state index in [2.05, 4.69) is 24.1 Å². The first kappa shape index (κ1) is 15.6. The van der Waals surface area contributed by atoms with Gasteiger partial charge in [0.2, 0.25) is 5.91 Å². The van der Waals surface area contributed by atoms with Gasteiger partial charge in [-0.2, -0.15) is 0 Å². The molecule has 21 heavy (non-hydrogen) atoms. The summed E-state index contributed by atoms with van der Waals surface area (Å²) >= 11 is 0. The van der Waals surface area contributed by atoms with Crippen LogP contribution in [0.2, 0.25) is 0 Å². The van der Waals surface area contributed by atoms with Crippen molar-refractivity contribution in [2.45, 2.75) is 52.9 Å². The topological polar surface area (TPSA) is 82.2 Å². The molecule has 0 unspecified atom stereocenters. The Morgan fingerprint density at radius 1 is 1.38 bits per heavy atom. The highest BCUT2D eigenvalue weighted by Gasteiger charge is 2.41. The summed E-state index contributed by atoms with van der Waals surface area (Å²) in [6.45, 7) is 6.02. The number of carboxylic acids is 1. The Hall–Kier alpha value is -1.78. The fraction of sp³-hybridized carbons (Fsp3) is 0.625. The third-order valence-corrected chi connectivity index (χ3v) is 4.26. The van der Waals surface area contributed by atoms with Crippen LogP contribution in [0.15, 0.2) is 6.07 Å². The molecule has 1 aliphatic rings. The van der Waals surface area contributed by atoms with Crippen LogP contribution in [0.1, 0.15) is 62.1 Å². The van der Waals surface area contributed by atoms with E-state index in [-0.39, 0.29) is 17.0 Å². The number of hydrogen-bond donors (Lipinski definition) is 3. The Balaban J connectivity index is 2.21. The number of aryl methyl sites for hydroxylation is 1. The molecule has 0 spiro atoms. The SMILES string of the molecule is Cc1cc(NC(=O)C2(CC(C)C)CCCC2)c(C(=O)O)[nH]1. The first-order chi connectivity index (χ1) is 9.84. The predicted molar refractivity (Wildman–Crippen MR) is 81.5 cm³/mol. The lowest BCUT2D eigenvalue weighted by atomic mass is 9.77. The van der Waals surface area contributed by atoms with Crippen molar-refractivity contribution in [3.63, 3.8) is 0 Å². The van der Waals surface area contributed by atoms with Crippen molar-refractivity contribution in [3.05, 3.63) is 17.5 Å². The molecule has 1 amide bonds. The van der Waals surface area contributed by atoms with E-state index in [0.29, 0.717) is 11.6 Å². The van der Waals surface area contributed by atoms with Crippen molar-refractivity contribution in [2.75, 3.05) is 5.32 Å². The normalized spacial score (nSPS) is 17.1. The lowest BCUT2D eigenvalue weighted by molar-refractivity contribution is -0.126. The second-order valence-corrected chi connectivity index (χ2v) is 6.59. The maximum atomic E-state index is 12.7. The van der Waals surface area contributed by atoms with E-state index in [1.54, 1.807) is 13.0 Å². The number of nitrogens with one attached hydrogen (secondary N) is 2. The van der Waals surface area contributed by atoms with Gasteiger partial charge < -0.3 is 15.4 Å². The van der Waals surface area contributed by atoms with Gasteiger partial charge in [-0.05, 0) is 38.2 Å². The van der Waals surface area contributed by atoms with Gasteiger partial charge in [0.25, 0.3) is 0 Å². The van der Waals surface area contributed by atoms with Crippen molar-refractivity contribution in [2.24, 2.45) is 11.3 Å². The molecule has 3 N–H and O–H groups in total. The van der Waals surface area contributed by atoms with Gasteiger partial charge >= 0.3 is 5.97 Å². The number of aromatic carboxylic acids is 1. The number of aromatic amines is 1. The number of carbonyl (C=O) groups is 2. The van der Waals surface area contributed by atoms with Crippen LogP contribution in [0.4, 0.5) is 5.69 Å². The summed E-state index contributed by atoms with van der Waals surface area (Å²) in [5.41, 5.74) is 0.820. The third-order valence-electron chi connectivity index (χ3n) is 4.26. The number of aromatic nitrogens is 1. The van der Waals surface area contributed by atoms with E-state index in [0.717, 1.165) is 37.8 Å². The average Bonchev–Trinajstić information content (AvgIpc) is 2.96. The number of H-pyrrole nitrogens is 1. The molecule has 0 saturated heterocycles. The molecular weight excluding hydrogens is 268 g/mol. The number of carboxylic acid groups (broad SMARTS) is 1. The van der Waals surface area contributed by atoms with Crippen LogP contribution >= 0.6 is 0 Å². The molecule has 0 bridgehead atoms. The van der Waals surface area contributed by atoms with Crippen LogP contribution in [-0.2, 0) is 4.79 Å². The van der Waals surface area contributed by atoms with Gasteiger partial charge in [0.15, 0.2) is 0 Å². The van der Waals surface area contributed by atoms with E-state index in [1.807, 2.05) is 0 Å². The Labute approximate surface area is 125 Å². The molecule has 1 saturated carbocycles. The highest BCUT2D eigenvalue weighted by Crippen LogP contribution is 2.44. The van der Waals surface area contributed by atoms with Crippen molar-refractivity contribution >= 4 is 17.6 Å². The van der Waals surface area contributed by atoms with Gasteiger partial charge in [-0.1, -0.05) is 26.7 Å². The number of hydrogen-bond acceptors (Lipinski definition) is 2. The minimum Gasteiger partial charge on any atom is -0.477 e. The zero-order chi connectivity index (χ0) is 15.6. The van der Waals surface area contributed by atoms with Gasteiger partial charge in [-0.3, -0.25) is 4.79 Å². The van der Waals surface area contributed by atoms with E-state index in [4.69, 9.17) is 0 Å². The fourth-order valence-corrected chi connectivity index (χ4v) is 3.47. The highest BCUT2D eigenvalue weighted by molar-refractivity contribution is 6.01. The smallest absolute Gasteiger partial charge is 0.354 e. The molecular formula is C16H24N2O3. The van der Waals surface area contributed by atoms with E-state index < -0.39 is 5.97 Å². The summed E-state index contributed by atoms with van der Waals surface area (Å²) < 4.78 is 0. The first-order valence-corrected chi connectivity index (χ1v) is 7.58.